The van der Waals surface area contributed by atoms with E-state index in [9.17, 15) is 9.18 Å². The first-order valence-electron chi connectivity index (χ1n) is 11.7. The molecule has 1 amide bonds. The highest BCUT2D eigenvalue weighted by molar-refractivity contribution is 6.31. The maximum atomic E-state index is 13.9. The van der Waals surface area contributed by atoms with Crippen LogP contribution in [0.3, 0.4) is 0 Å². The number of fused-ring (bicyclic) bond motifs is 1. The van der Waals surface area contributed by atoms with Crippen LogP contribution >= 0.6 is 11.6 Å². The summed E-state index contributed by atoms with van der Waals surface area (Å²) in [5, 5.41) is 5.04. The number of methoxy groups -OCH3 is 1. The van der Waals surface area contributed by atoms with Crippen molar-refractivity contribution in [1.82, 2.24) is 10.1 Å². The van der Waals surface area contributed by atoms with E-state index in [1.54, 1.807) is 7.11 Å². The van der Waals surface area contributed by atoms with Gasteiger partial charge in [-0.1, -0.05) is 29.6 Å². The van der Waals surface area contributed by atoms with E-state index in [2.05, 4.69) is 10.1 Å². The van der Waals surface area contributed by atoms with Gasteiger partial charge in [0.05, 0.1) is 23.2 Å². The standard InChI is InChI=1S/C24H33ClFN3O3/c1-31-14-19(24(27)30)16-4-2-15(3-5-16)6-9-29-10-7-17(8-11-29)23-18-12-21(26)20(25)13-22(18)32-28-23/h12-13,15-17,19H,2-11,14H2,1H3,(H2,27,30). The molecule has 1 aromatic heterocycles. The molecule has 2 aliphatic rings. The highest BCUT2D eigenvalue weighted by Crippen LogP contribution is 2.37. The number of nitrogens with two attached hydrogens (primary N) is 1. The average Bonchev–Trinajstić information content (AvgIpc) is 3.19. The molecule has 1 aromatic carbocycles. The Balaban J connectivity index is 1.23. The first-order chi connectivity index (χ1) is 15.5. The van der Waals surface area contributed by atoms with Crippen molar-refractivity contribution >= 4 is 28.5 Å². The van der Waals surface area contributed by atoms with Crippen LogP contribution < -0.4 is 5.73 Å². The number of hydrogen-bond donors (Lipinski definition) is 1. The third-order valence-corrected chi connectivity index (χ3v) is 7.83. The lowest BCUT2D eigenvalue weighted by Crippen LogP contribution is -2.37. The van der Waals surface area contributed by atoms with Gasteiger partial charge in [-0.2, -0.15) is 0 Å². The Morgan fingerprint density at radius 3 is 2.66 bits per heavy atom. The average molecular weight is 466 g/mol. The summed E-state index contributed by atoms with van der Waals surface area (Å²) >= 11 is 5.86. The number of benzene rings is 1. The van der Waals surface area contributed by atoms with Gasteiger partial charge in [0.1, 0.15) is 5.82 Å². The number of piperidine rings is 1. The molecular formula is C24H33ClFN3O3. The predicted octanol–water partition coefficient (Wildman–Crippen LogP) is 4.74. The zero-order chi connectivity index (χ0) is 22.7. The second kappa shape index (κ2) is 10.5. The lowest BCUT2D eigenvalue weighted by Gasteiger charge is -2.35. The van der Waals surface area contributed by atoms with E-state index in [0.717, 1.165) is 69.2 Å². The van der Waals surface area contributed by atoms with Crippen LogP contribution in [0.15, 0.2) is 16.7 Å². The minimum absolute atomic E-state index is 0.0629. The Hall–Kier alpha value is -1.70. The molecule has 2 heterocycles. The van der Waals surface area contributed by atoms with Crippen LogP contribution in [0.1, 0.15) is 56.6 Å². The third-order valence-electron chi connectivity index (χ3n) is 7.54. The number of likely N-dealkylation sites (tertiary alicyclic amines) is 1. The lowest BCUT2D eigenvalue weighted by atomic mass is 9.74. The third kappa shape index (κ3) is 5.26. The number of hydrogen-bond acceptors (Lipinski definition) is 5. The molecule has 1 atom stereocenters. The van der Waals surface area contributed by atoms with Gasteiger partial charge < -0.3 is 19.9 Å². The molecule has 32 heavy (non-hydrogen) atoms. The van der Waals surface area contributed by atoms with Crippen LogP contribution in [-0.2, 0) is 9.53 Å². The minimum Gasteiger partial charge on any atom is -0.384 e. The molecule has 1 saturated heterocycles. The molecule has 1 unspecified atom stereocenters. The summed E-state index contributed by atoms with van der Waals surface area (Å²) in [7, 11) is 1.63. The van der Waals surface area contributed by atoms with E-state index in [0.29, 0.717) is 24.0 Å². The van der Waals surface area contributed by atoms with Crippen LogP contribution in [0, 0.1) is 23.6 Å². The van der Waals surface area contributed by atoms with Crippen molar-refractivity contribution in [3.63, 3.8) is 0 Å². The van der Waals surface area contributed by atoms with Crippen LogP contribution in [0.2, 0.25) is 5.02 Å². The smallest absolute Gasteiger partial charge is 0.223 e. The van der Waals surface area contributed by atoms with Gasteiger partial charge in [-0.3, -0.25) is 4.79 Å². The SMILES string of the molecule is COCC(C(N)=O)C1CCC(CCN2CCC(c3noc4cc(Cl)c(F)cc34)CC2)CC1. The molecule has 1 aliphatic heterocycles. The largest absolute Gasteiger partial charge is 0.384 e. The summed E-state index contributed by atoms with van der Waals surface area (Å²) in [6.45, 7) is 3.56. The first kappa shape index (κ1) is 23.5. The van der Waals surface area contributed by atoms with E-state index in [1.165, 1.54) is 18.6 Å². The Kier molecular flexibility index (Phi) is 7.69. The van der Waals surface area contributed by atoms with Gasteiger partial charge in [0.25, 0.3) is 0 Å². The molecule has 1 saturated carbocycles. The van der Waals surface area contributed by atoms with E-state index in [-0.39, 0.29) is 22.8 Å². The Morgan fingerprint density at radius 2 is 2.00 bits per heavy atom. The number of primary amides is 1. The van der Waals surface area contributed by atoms with Gasteiger partial charge in [0, 0.05) is 24.5 Å². The molecule has 6 nitrogen and oxygen atoms in total. The Bertz CT molecular complexity index is 921. The van der Waals surface area contributed by atoms with Crippen molar-refractivity contribution in [1.29, 1.82) is 0 Å². The molecule has 8 heteroatoms. The van der Waals surface area contributed by atoms with Crippen molar-refractivity contribution in [2.45, 2.75) is 50.9 Å². The lowest BCUT2D eigenvalue weighted by molar-refractivity contribution is -0.126. The maximum absolute atomic E-state index is 13.9. The minimum atomic E-state index is -0.430. The maximum Gasteiger partial charge on any atom is 0.223 e. The van der Waals surface area contributed by atoms with Gasteiger partial charge >= 0.3 is 0 Å². The van der Waals surface area contributed by atoms with Crippen molar-refractivity contribution in [3.8, 4) is 0 Å². The summed E-state index contributed by atoms with van der Waals surface area (Å²) in [4.78, 5) is 14.2. The molecule has 0 spiro atoms. The fraction of sp³-hybridized carbons (Fsp3) is 0.667. The van der Waals surface area contributed by atoms with Gasteiger partial charge in [-0.25, -0.2) is 4.39 Å². The number of halogens is 2. The zero-order valence-corrected chi connectivity index (χ0v) is 19.5. The first-order valence-corrected chi connectivity index (χ1v) is 12.1. The second-order valence-electron chi connectivity index (χ2n) is 9.48. The van der Waals surface area contributed by atoms with Crippen molar-refractivity contribution in [2.24, 2.45) is 23.5 Å². The number of rotatable bonds is 8. The number of ether oxygens (including phenoxy) is 1. The van der Waals surface area contributed by atoms with Gasteiger partial charge in [0.15, 0.2) is 5.58 Å². The number of nitrogens with zero attached hydrogens (tertiary/aromatic N) is 2. The molecule has 2 fully saturated rings. The molecule has 176 valence electrons. The fourth-order valence-corrected chi connectivity index (χ4v) is 5.70. The number of carbonyl (C=O) groups is 1. The van der Waals surface area contributed by atoms with Crippen molar-refractivity contribution in [3.05, 3.63) is 28.7 Å². The summed E-state index contributed by atoms with van der Waals surface area (Å²) < 4.78 is 24.5. The number of carbonyl (C=O) groups excluding carboxylic acids is 1. The molecule has 0 bridgehead atoms. The van der Waals surface area contributed by atoms with Gasteiger partial charge in [-0.05, 0) is 69.6 Å². The van der Waals surface area contributed by atoms with E-state index in [1.807, 2.05) is 0 Å². The highest BCUT2D eigenvalue weighted by atomic mass is 35.5. The zero-order valence-electron chi connectivity index (χ0n) is 18.7. The molecule has 4 rings (SSSR count). The molecule has 0 radical (unpaired) electrons. The summed E-state index contributed by atoms with van der Waals surface area (Å²) in [6.07, 6.45) is 7.62. The topological polar surface area (TPSA) is 81.6 Å². The molecular weight excluding hydrogens is 433 g/mol. The van der Waals surface area contributed by atoms with E-state index < -0.39 is 5.82 Å². The molecule has 2 N–H and O–H groups in total. The van der Waals surface area contributed by atoms with Crippen LogP contribution in [-0.4, -0.2) is 49.3 Å². The van der Waals surface area contributed by atoms with E-state index >= 15 is 0 Å². The van der Waals surface area contributed by atoms with Crippen LogP contribution in [0.4, 0.5) is 4.39 Å². The van der Waals surface area contributed by atoms with Crippen LogP contribution in [0.5, 0.6) is 0 Å². The second-order valence-corrected chi connectivity index (χ2v) is 9.89. The van der Waals surface area contributed by atoms with E-state index in [4.69, 9.17) is 26.6 Å². The fourth-order valence-electron chi connectivity index (χ4n) is 5.55. The molecule has 1 aliphatic carbocycles. The summed E-state index contributed by atoms with van der Waals surface area (Å²) in [5.74, 6) is 0.542. The number of aromatic nitrogens is 1. The van der Waals surface area contributed by atoms with Crippen LogP contribution in [0.25, 0.3) is 11.0 Å². The molecule has 2 aromatic rings. The van der Waals surface area contributed by atoms with Crippen molar-refractivity contribution < 1.29 is 18.4 Å². The summed E-state index contributed by atoms with van der Waals surface area (Å²) in [5.41, 5.74) is 6.98. The highest BCUT2D eigenvalue weighted by Gasteiger charge is 2.31. The number of amides is 1. The normalized spacial score (nSPS) is 24.1. The van der Waals surface area contributed by atoms with Gasteiger partial charge in [0.2, 0.25) is 5.91 Å². The Labute approximate surface area is 193 Å². The monoisotopic (exact) mass is 465 g/mol. The van der Waals surface area contributed by atoms with Gasteiger partial charge in [-0.15, -0.1) is 0 Å². The summed E-state index contributed by atoms with van der Waals surface area (Å²) in [6, 6.07) is 2.95. The predicted molar refractivity (Wildman–Crippen MR) is 122 cm³/mol. The quantitative estimate of drug-likeness (QED) is 0.608. The Morgan fingerprint density at radius 1 is 1.28 bits per heavy atom. The van der Waals surface area contributed by atoms with Crippen molar-refractivity contribution in [2.75, 3.05) is 33.4 Å².